The Hall–Kier alpha value is -4.30. The summed E-state index contributed by atoms with van der Waals surface area (Å²) in [4.78, 5) is 46.6. The number of pyridine rings is 4. The number of ketones is 1. The molecular formula is C32H33N5O3. The van der Waals surface area contributed by atoms with Crippen LogP contribution in [0.4, 0.5) is 0 Å². The Morgan fingerprint density at radius 1 is 0.750 bits per heavy atom. The molecule has 0 radical (unpaired) electrons. The Morgan fingerprint density at radius 3 is 1.95 bits per heavy atom. The van der Waals surface area contributed by atoms with Crippen molar-refractivity contribution in [3.05, 3.63) is 94.6 Å². The van der Waals surface area contributed by atoms with Gasteiger partial charge in [-0.1, -0.05) is 32.9 Å². The monoisotopic (exact) mass is 535 g/mol. The van der Waals surface area contributed by atoms with Gasteiger partial charge in [0.15, 0.2) is 5.78 Å². The molecule has 1 aliphatic rings. The number of rotatable bonds is 3. The van der Waals surface area contributed by atoms with Gasteiger partial charge in [0, 0.05) is 36.0 Å². The summed E-state index contributed by atoms with van der Waals surface area (Å²) in [5.74, 6) is -1.03. The number of hydrogen-bond donors (Lipinski definition) is 1. The molecule has 204 valence electrons. The molecule has 1 N–H and O–H groups in total. The van der Waals surface area contributed by atoms with Crippen molar-refractivity contribution in [2.45, 2.75) is 46.7 Å². The topological polar surface area (TPSA) is 109 Å². The summed E-state index contributed by atoms with van der Waals surface area (Å²) < 4.78 is 0. The Bertz CT molecular complexity index is 1580. The molecule has 1 atom stereocenters. The molecule has 0 saturated heterocycles. The van der Waals surface area contributed by atoms with Crippen molar-refractivity contribution in [3.8, 4) is 22.8 Å². The van der Waals surface area contributed by atoms with Crippen molar-refractivity contribution in [2.75, 3.05) is 7.05 Å². The van der Waals surface area contributed by atoms with Crippen LogP contribution in [0.25, 0.3) is 22.8 Å². The van der Waals surface area contributed by atoms with E-state index in [1.54, 1.807) is 12.1 Å². The van der Waals surface area contributed by atoms with Gasteiger partial charge in [-0.25, -0.2) is 14.8 Å². The molecule has 4 aromatic heterocycles. The highest BCUT2D eigenvalue weighted by Gasteiger charge is 2.19. The molecule has 5 rings (SSSR count). The van der Waals surface area contributed by atoms with Gasteiger partial charge in [0.2, 0.25) is 0 Å². The molecule has 0 fully saturated rings. The lowest BCUT2D eigenvalue weighted by Gasteiger charge is -2.18. The van der Waals surface area contributed by atoms with E-state index in [1.165, 1.54) is 6.07 Å². The first-order valence-corrected chi connectivity index (χ1v) is 13.5. The zero-order valence-corrected chi connectivity index (χ0v) is 23.3. The van der Waals surface area contributed by atoms with E-state index in [1.807, 2.05) is 68.3 Å². The predicted octanol–water partition coefficient (Wildman–Crippen LogP) is 5.50. The number of aromatic nitrogens is 4. The van der Waals surface area contributed by atoms with Crippen LogP contribution in [0, 0.1) is 11.8 Å². The van der Waals surface area contributed by atoms with Crippen molar-refractivity contribution in [1.29, 1.82) is 0 Å². The van der Waals surface area contributed by atoms with E-state index in [9.17, 15) is 14.7 Å². The molecule has 8 heteroatoms. The maximum atomic E-state index is 13.1. The molecule has 0 aliphatic carbocycles. The first-order chi connectivity index (χ1) is 19.1. The first kappa shape index (κ1) is 27.3. The lowest BCUT2D eigenvalue weighted by molar-refractivity contribution is 0.0696. The fraction of sp³-hybridized carbons (Fsp3) is 0.312. The van der Waals surface area contributed by atoms with Crippen LogP contribution in [-0.2, 0) is 25.9 Å². The summed E-state index contributed by atoms with van der Waals surface area (Å²) in [6.45, 7) is 6.83. The minimum Gasteiger partial charge on any atom is -0.478 e. The molecular weight excluding hydrogens is 502 g/mol. The normalized spacial score (nSPS) is 15.8. The second kappa shape index (κ2) is 11.4. The fourth-order valence-corrected chi connectivity index (χ4v) is 5.06. The number of carboxylic acids is 1. The zero-order chi connectivity index (χ0) is 28.4. The highest BCUT2D eigenvalue weighted by atomic mass is 16.4. The number of carboxylic acid groups (broad SMARTS) is 1. The molecule has 8 nitrogen and oxygen atoms in total. The predicted molar refractivity (Wildman–Crippen MR) is 153 cm³/mol. The van der Waals surface area contributed by atoms with E-state index in [0.29, 0.717) is 42.2 Å². The van der Waals surface area contributed by atoms with Gasteiger partial charge in [0.05, 0.1) is 39.7 Å². The lowest BCUT2D eigenvalue weighted by atomic mass is 9.95. The zero-order valence-electron chi connectivity index (χ0n) is 23.3. The molecule has 0 saturated carbocycles. The Labute approximate surface area is 234 Å². The summed E-state index contributed by atoms with van der Waals surface area (Å²) in [7, 11) is 1.94. The largest absolute Gasteiger partial charge is 0.478 e. The van der Waals surface area contributed by atoms with Crippen molar-refractivity contribution in [2.24, 2.45) is 11.8 Å². The van der Waals surface area contributed by atoms with Crippen LogP contribution in [0.5, 0.6) is 0 Å². The first-order valence-electron chi connectivity index (χ1n) is 13.5. The van der Waals surface area contributed by atoms with E-state index in [-0.39, 0.29) is 23.2 Å². The minimum atomic E-state index is -1.04. The third-order valence-corrected chi connectivity index (χ3v) is 6.93. The van der Waals surface area contributed by atoms with Crippen molar-refractivity contribution >= 4 is 11.8 Å². The molecule has 0 unspecified atom stereocenters. The van der Waals surface area contributed by atoms with Crippen molar-refractivity contribution < 1.29 is 14.7 Å². The van der Waals surface area contributed by atoms with Gasteiger partial charge in [-0.3, -0.25) is 19.7 Å². The second-order valence-electron chi connectivity index (χ2n) is 11.0. The molecule has 0 spiro atoms. The molecule has 5 heterocycles. The number of aromatic carboxylic acids is 1. The van der Waals surface area contributed by atoms with Gasteiger partial charge in [0.25, 0.3) is 0 Å². The number of carbonyl (C=O) groups excluding carboxylic acids is 1. The van der Waals surface area contributed by atoms with Gasteiger partial charge in [-0.15, -0.1) is 0 Å². The third kappa shape index (κ3) is 6.29. The van der Waals surface area contributed by atoms with Crippen LogP contribution in [0.1, 0.15) is 64.3 Å². The number of fused-ring (bicyclic) bond motifs is 10. The van der Waals surface area contributed by atoms with Crippen LogP contribution in [0.2, 0.25) is 0 Å². The lowest BCUT2D eigenvalue weighted by Crippen LogP contribution is -2.19. The van der Waals surface area contributed by atoms with E-state index in [4.69, 9.17) is 19.9 Å². The van der Waals surface area contributed by atoms with E-state index in [0.717, 1.165) is 34.9 Å². The van der Waals surface area contributed by atoms with Gasteiger partial charge in [-0.2, -0.15) is 0 Å². The molecule has 1 aliphatic heterocycles. The standard InChI is InChI=1S/C32H33N5O3/c1-19(2)31(38)21-13-25-12-20(3)11-23-7-5-9-27(33-23)28-10-6-8-24(34-28)17-37(4)18-26-14-22(32(39)40)16-30(36-26)29(15-21)35-25/h5-10,13-16,19-20H,11-12,17-18H2,1-4H3,(H,39,40)/t20-/m1/s1. The fourth-order valence-electron chi connectivity index (χ4n) is 5.06. The highest BCUT2D eigenvalue weighted by molar-refractivity contribution is 5.98. The van der Waals surface area contributed by atoms with E-state index < -0.39 is 5.97 Å². The summed E-state index contributed by atoms with van der Waals surface area (Å²) in [5, 5.41) is 9.87. The Balaban J connectivity index is 1.65. The molecule has 0 amide bonds. The number of hydrogen-bond acceptors (Lipinski definition) is 7. The minimum absolute atomic E-state index is 0.0112. The average Bonchev–Trinajstić information content (AvgIpc) is 2.91. The van der Waals surface area contributed by atoms with Gasteiger partial charge >= 0.3 is 5.97 Å². The molecule has 8 bridgehead atoms. The Kier molecular flexibility index (Phi) is 7.80. The molecule has 40 heavy (non-hydrogen) atoms. The average molecular weight is 536 g/mol. The second-order valence-corrected chi connectivity index (χ2v) is 11.0. The molecule has 0 aromatic carbocycles. The van der Waals surface area contributed by atoms with Gasteiger partial charge in [-0.05, 0) is 74.3 Å². The summed E-state index contributed by atoms with van der Waals surface area (Å²) in [6, 6.07) is 18.6. The van der Waals surface area contributed by atoms with Gasteiger partial charge in [0.1, 0.15) is 0 Å². The number of carbonyl (C=O) groups is 2. The SMILES string of the molecule is CC(C)C(=O)c1cc2nc(c1)-c1cc(C(=O)O)cc(n1)CN(C)Cc1cccc(n1)-c1cccc(n1)C[C@@H](C)C2. The summed E-state index contributed by atoms with van der Waals surface area (Å²) in [5.41, 5.74) is 6.45. The summed E-state index contributed by atoms with van der Waals surface area (Å²) >= 11 is 0. The molecule has 4 aromatic rings. The summed E-state index contributed by atoms with van der Waals surface area (Å²) in [6.07, 6.45) is 1.35. The maximum Gasteiger partial charge on any atom is 0.335 e. The van der Waals surface area contributed by atoms with E-state index >= 15 is 0 Å². The van der Waals surface area contributed by atoms with Crippen LogP contribution < -0.4 is 0 Å². The van der Waals surface area contributed by atoms with Crippen LogP contribution in [0.15, 0.2) is 60.7 Å². The van der Waals surface area contributed by atoms with Crippen molar-refractivity contribution in [1.82, 2.24) is 24.8 Å². The van der Waals surface area contributed by atoms with E-state index in [2.05, 4.69) is 6.92 Å². The number of Topliss-reactive ketones (excluding diaryl/α,β-unsaturated/α-hetero) is 1. The maximum absolute atomic E-state index is 13.1. The smallest absolute Gasteiger partial charge is 0.335 e. The Morgan fingerprint density at radius 2 is 1.27 bits per heavy atom. The van der Waals surface area contributed by atoms with Gasteiger partial charge < -0.3 is 5.11 Å². The van der Waals surface area contributed by atoms with Crippen LogP contribution >= 0.6 is 0 Å². The van der Waals surface area contributed by atoms with Crippen molar-refractivity contribution in [3.63, 3.8) is 0 Å². The third-order valence-electron chi connectivity index (χ3n) is 6.93. The number of nitrogens with zero attached hydrogens (tertiary/aromatic N) is 5. The highest BCUT2D eigenvalue weighted by Crippen LogP contribution is 2.25. The van der Waals surface area contributed by atoms with Crippen LogP contribution in [0.3, 0.4) is 0 Å². The van der Waals surface area contributed by atoms with Crippen LogP contribution in [-0.4, -0.2) is 48.7 Å². The quantitative estimate of drug-likeness (QED) is 0.342.